The van der Waals surface area contributed by atoms with E-state index in [9.17, 15) is 4.79 Å². The summed E-state index contributed by atoms with van der Waals surface area (Å²) < 4.78 is 0. The zero-order valence-corrected chi connectivity index (χ0v) is 12.9. The summed E-state index contributed by atoms with van der Waals surface area (Å²) >= 11 is 0. The van der Waals surface area contributed by atoms with Crippen molar-refractivity contribution >= 4 is 29.0 Å². The van der Waals surface area contributed by atoms with Gasteiger partial charge in [-0.15, -0.1) is 0 Å². The lowest BCUT2D eigenvalue weighted by Crippen LogP contribution is -2.35. The van der Waals surface area contributed by atoms with Crippen LogP contribution in [-0.4, -0.2) is 17.6 Å². The van der Waals surface area contributed by atoms with E-state index >= 15 is 0 Å². The molecule has 1 aliphatic rings. The number of carbonyl (C=O) groups is 1. The number of hydrogen-bond donors (Lipinski definition) is 2. The summed E-state index contributed by atoms with van der Waals surface area (Å²) in [5, 5.41) is 16.1. The van der Waals surface area contributed by atoms with E-state index < -0.39 is 0 Å². The average Bonchev–Trinajstić information content (AvgIpc) is 2.63. The second kappa shape index (κ2) is 6.04. The van der Waals surface area contributed by atoms with Crippen molar-refractivity contribution in [2.24, 2.45) is 0 Å². The van der Waals surface area contributed by atoms with Crippen molar-refractivity contribution in [1.29, 1.82) is 10.8 Å². The van der Waals surface area contributed by atoms with Gasteiger partial charge < -0.3 is 4.90 Å². The molecule has 0 aliphatic carbocycles. The zero-order chi connectivity index (χ0) is 16.4. The van der Waals surface area contributed by atoms with Gasteiger partial charge in [0.25, 0.3) is 0 Å². The Morgan fingerprint density at radius 1 is 1.04 bits per heavy atom. The van der Waals surface area contributed by atoms with E-state index in [0.29, 0.717) is 12.2 Å². The van der Waals surface area contributed by atoms with E-state index in [2.05, 4.69) is 0 Å². The predicted molar refractivity (Wildman–Crippen MR) is 92.3 cm³/mol. The maximum atomic E-state index is 12.6. The fraction of sp³-hybridized carbons (Fsp3) is 0.167. The normalized spacial score (nSPS) is 14.5. The molecule has 5 nitrogen and oxygen atoms in total. The van der Waals surface area contributed by atoms with Crippen LogP contribution in [-0.2, 0) is 11.3 Å². The lowest BCUT2D eigenvalue weighted by molar-refractivity contribution is -0.117. The van der Waals surface area contributed by atoms with Crippen molar-refractivity contribution in [3.05, 3.63) is 60.2 Å². The number of hydrogen-bond acceptors (Lipinski definition) is 3. The maximum Gasteiger partial charge on any atom is 0.234 e. The van der Waals surface area contributed by atoms with Crippen LogP contribution in [0.2, 0.25) is 0 Å². The van der Waals surface area contributed by atoms with Crippen LogP contribution >= 0.6 is 0 Å². The first-order valence-corrected chi connectivity index (χ1v) is 7.44. The lowest BCUT2D eigenvalue weighted by Gasteiger charge is -2.25. The number of nitrogens with zero attached hydrogens (tertiary/aromatic N) is 2. The van der Waals surface area contributed by atoms with E-state index in [1.165, 1.54) is 4.90 Å². The van der Waals surface area contributed by atoms with Crippen LogP contribution in [0.4, 0.5) is 11.4 Å². The smallest absolute Gasteiger partial charge is 0.234 e. The summed E-state index contributed by atoms with van der Waals surface area (Å²) in [7, 11) is 0. The van der Waals surface area contributed by atoms with E-state index in [0.717, 1.165) is 11.3 Å². The van der Waals surface area contributed by atoms with Gasteiger partial charge >= 0.3 is 0 Å². The minimum atomic E-state index is -0.130. The van der Waals surface area contributed by atoms with Crippen LogP contribution in [0.25, 0.3) is 0 Å². The van der Waals surface area contributed by atoms with E-state index in [1.54, 1.807) is 11.8 Å². The van der Waals surface area contributed by atoms with Crippen LogP contribution in [0.1, 0.15) is 18.9 Å². The number of amides is 1. The number of benzene rings is 2. The van der Waals surface area contributed by atoms with Crippen LogP contribution in [0.5, 0.6) is 0 Å². The van der Waals surface area contributed by atoms with E-state index in [-0.39, 0.29) is 24.0 Å². The number of carbonyl (C=O) groups excluding carboxylic acids is 1. The molecule has 0 spiro atoms. The van der Waals surface area contributed by atoms with Crippen molar-refractivity contribution in [2.75, 3.05) is 9.80 Å². The number of fused-ring (bicyclic) bond motifs is 1. The first kappa shape index (κ1) is 15.0. The molecule has 2 aromatic rings. The number of rotatable bonds is 2. The molecule has 2 aromatic carbocycles. The summed E-state index contributed by atoms with van der Waals surface area (Å²) in [4.78, 5) is 15.9. The Kier molecular flexibility index (Phi) is 3.93. The van der Waals surface area contributed by atoms with Gasteiger partial charge in [0.1, 0.15) is 11.7 Å². The summed E-state index contributed by atoms with van der Waals surface area (Å²) in [5.74, 6) is 0.234. The Hall–Kier alpha value is -2.95. The van der Waals surface area contributed by atoms with Gasteiger partial charge in [0.05, 0.1) is 24.3 Å². The molecule has 1 heterocycles. The number of nitrogens with one attached hydrogen (secondary N) is 2. The van der Waals surface area contributed by atoms with Crippen molar-refractivity contribution in [2.45, 2.75) is 19.9 Å². The standard InChI is InChI=1S/C18H18N4O/c1-13(19)22-16-10-6-5-9-15(16)21(18(23)11-17(22)20)12-14-7-3-2-4-8-14/h2-10,19-20H,11-12H2,1H3. The highest BCUT2D eigenvalue weighted by Gasteiger charge is 2.30. The Morgan fingerprint density at radius 2 is 1.65 bits per heavy atom. The third-order valence-corrected chi connectivity index (χ3v) is 3.82. The largest absolute Gasteiger partial charge is 0.306 e. The van der Waals surface area contributed by atoms with Gasteiger partial charge in [-0.2, -0.15) is 0 Å². The summed E-state index contributed by atoms with van der Waals surface area (Å²) in [6.45, 7) is 2.08. The summed E-state index contributed by atoms with van der Waals surface area (Å²) in [6, 6.07) is 17.2. The molecular formula is C18H18N4O. The Morgan fingerprint density at radius 3 is 2.30 bits per heavy atom. The fourth-order valence-electron chi connectivity index (χ4n) is 2.80. The third kappa shape index (κ3) is 2.85. The van der Waals surface area contributed by atoms with Gasteiger partial charge in [-0.05, 0) is 24.6 Å². The first-order valence-electron chi connectivity index (χ1n) is 7.44. The molecule has 1 amide bonds. The van der Waals surface area contributed by atoms with Gasteiger partial charge in [0.15, 0.2) is 0 Å². The molecule has 23 heavy (non-hydrogen) atoms. The minimum absolute atomic E-state index is 0.0161. The summed E-state index contributed by atoms with van der Waals surface area (Å²) in [5.41, 5.74) is 2.46. The van der Waals surface area contributed by atoms with Gasteiger partial charge in [0.2, 0.25) is 5.91 Å². The molecule has 0 radical (unpaired) electrons. The maximum absolute atomic E-state index is 12.6. The molecule has 1 aliphatic heterocycles. The van der Waals surface area contributed by atoms with Gasteiger partial charge in [-0.1, -0.05) is 42.5 Å². The van der Waals surface area contributed by atoms with Gasteiger partial charge in [-0.3, -0.25) is 20.5 Å². The monoisotopic (exact) mass is 306 g/mol. The molecule has 0 fully saturated rings. The van der Waals surface area contributed by atoms with Crippen LogP contribution in [0, 0.1) is 10.8 Å². The molecule has 3 rings (SSSR count). The van der Waals surface area contributed by atoms with Crippen molar-refractivity contribution in [3.8, 4) is 0 Å². The van der Waals surface area contributed by atoms with Gasteiger partial charge in [-0.25, -0.2) is 0 Å². The zero-order valence-electron chi connectivity index (χ0n) is 12.9. The molecule has 0 unspecified atom stereocenters. The quantitative estimate of drug-likeness (QED) is 0.659. The Bertz CT molecular complexity index is 770. The van der Waals surface area contributed by atoms with Crippen LogP contribution < -0.4 is 9.80 Å². The predicted octanol–water partition coefficient (Wildman–Crippen LogP) is 3.40. The van der Waals surface area contributed by atoms with Crippen molar-refractivity contribution in [3.63, 3.8) is 0 Å². The second-order valence-electron chi connectivity index (χ2n) is 5.50. The highest BCUT2D eigenvalue weighted by Crippen LogP contribution is 2.34. The highest BCUT2D eigenvalue weighted by molar-refractivity contribution is 6.25. The second-order valence-corrected chi connectivity index (χ2v) is 5.50. The van der Waals surface area contributed by atoms with E-state index in [1.807, 2.05) is 54.6 Å². The Balaban J connectivity index is 2.08. The molecule has 0 bridgehead atoms. The highest BCUT2D eigenvalue weighted by atomic mass is 16.2. The molecular weight excluding hydrogens is 288 g/mol. The minimum Gasteiger partial charge on any atom is -0.306 e. The van der Waals surface area contributed by atoms with Crippen molar-refractivity contribution < 1.29 is 4.79 Å². The molecule has 5 heteroatoms. The molecule has 0 saturated carbocycles. The summed E-state index contributed by atoms with van der Waals surface area (Å²) in [6.07, 6.45) is -0.0161. The molecule has 2 N–H and O–H groups in total. The lowest BCUT2D eigenvalue weighted by atomic mass is 10.1. The molecule has 0 aromatic heterocycles. The molecule has 116 valence electrons. The SMILES string of the molecule is CC(=N)N1C(=N)CC(=O)N(Cc2ccccc2)c2ccccc21. The number of anilines is 2. The van der Waals surface area contributed by atoms with Crippen LogP contribution in [0.15, 0.2) is 54.6 Å². The first-order chi connectivity index (χ1) is 11.1. The average molecular weight is 306 g/mol. The Labute approximate surface area is 135 Å². The third-order valence-electron chi connectivity index (χ3n) is 3.82. The fourth-order valence-corrected chi connectivity index (χ4v) is 2.80. The van der Waals surface area contributed by atoms with Crippen molar-refractivity contribution in [1.82, 2.24) is 0 Å². The molecule has 0 atom stereocenters. The number of para-hydroxylation sites is 2. The molecule has 0 saturated heterocycles. The van der Waals surface area contributed by atoms with Gasteiger partial charge in [0, 0.05) is 0 Å². The number of amidine groups is 2. The van der Waals surface area contributed by atoms with Crippen LogP contribution in [0.3, 0.4) is 0 Å². The topological polar surface area (TPSA) is 71.2 Å². The van der Waals surface area contributed by atoms with E-state index in [4.69, 9.17) is 10.8 Å².